The van der Waals surface area contributed by atoms with Crippen molar-refractivity contribution in [2.75, 3.05) is 6.61 Å². The monoisotopic (exact) mass is 439 g/mol. The molecule has 2 aromatic carbocycles. The molecule has 0 spiro atoms. The highest BCUT2D eigenvalue weighted by atomic mass is 35.5. The number of thioether (sulfide) groups is 1. The summed E-state index contributed by atoms with van der Waals surface area (Å²) in [5.74, 6) is 1.00. The lowest BCUT2D eigenvalue weighted by Gasteiger charge is -2.13. The van der Waals surface area contributed by atoms with E-state index in [1.165, 1.54) is 11.8 Å². The van der Waals surface area contributed by atoms with Crippen LogP contribution in [0.4, 0.5) is 0 Å². The van der Waals surface area contributed by atoms with Crippen LogP contribution in [0.5, 0.6) is 11.5 Å². The molecule has 1 aliphatic rings. The summed E-state index contributed by atoms with van der Waals surface area (Å²) in [5.41, 5.74) is 1.72. The van der Waals surface area contributed by atoms with Crippen molar-refractivity contribution in [2.24, 2.45) is 0 Å². The number of halogens is 2. The lowest BCUT2D eigenvalue weighted by molar-refractivity contribution is -0.115. The van der Waals surface area contributed by atoms with Gasteiger partial charge in [-0.2, -0.15) is 0 Å². The molecule has 140 valence electrons. The highest BCUT2D eigenvalue weighted by Gasteiger charge is 2.22. The minimum Gasteiger partial charge on any atom is -0.490 e. The number of hydrogen-bond donors (Lipinski definition) is 1. The lowest BCUT2D eigenvalue weighted by atomic mass is 10.2. The van der Waals surface area contributed by atoms with E-state index in [4.69, 9.17) is 44.9 Å². The molecule has 1 aliphatic heterocycles. The molecule has 2 aromatic rings. The van der Waals surface area contributed by atoms with Crippen molar-refractivity contribution in [1.29, 1.82) is 0 Å². The van der Waals surface area contributed by atoms with Gasteiger partial charge in [-0.15, -0.1) is 0 Å². The Balaban J connectivity index is 1.79. The quantitative estimate of drug-likeness (QED) is 0.478. The Morgan fingerprint density at radius 2 is 1.93 bits per heavy atom. The molecule has 1 fully saturated rings. The van der Waals surface area contributed by atoms with E-state index in [1.807, 2.05) is 31.2 Å². The first-order valence-corrected chi connectivity index (χ1v) is 10.0. The second-order valence-corrected chi connectivity index (χ2v) is 8.06. The molecule has 3 rings (SSSR count). The van der Waals surface area contributed by atoms with E-state index >= 15 is 0 Å². The maximum Gasteiger partial charge on any atom is 0.263 e. The average molecular weight is 440 g/mol. The van der Waals surface area contributed by atoms with E-state index < -0.39 is 0 Å². The minimum atomic E-state index is -0.192. The molecule has 0 unspecified atom stereocenters. The van der Waals surface area contributed by atoms with Gasteiger partial charge in [0.05, 0.1) is 21.6 Å². The van der Waals surface area contributed by atoms with Gasteiger partial charge in [0.25, 0.3) is 5.91 Å². The van der Waals surface area contributed by atoms with Gasteiger partial charge in [-0.3, -0.25) is 4.79 Å². The fourth-order valence-corrected chi connectivity index (χ4v) is 3.73. The van der Waals surface area contributed by atoms with E-state index in [0.717, 1.165) is 11.1 Å². The molecule has 0 aliphatic carbocycles. The Morgan fingerprint density at radius 1 is 1.11 bits per heavy atom. The number of benzene rings is 2. The Kier molecular flexibility index (Phi) is 6.65. The molecule has 0 saturated carbocycles. The molecule has 27 heavy (non-hydrogen) atoms. The van der Waals surface area contributed by atoms with Crippen LogP contribution in [-0.4, -0.2) is 16.8 Å². The first-order valence-electron chi connectivity index (χ1n) is 8.04. The summed E-state index contributed by atoms with van der Waals surface area (Å²) in [5, 5.41) is 3.58. The van der Waals surface area contributed by atoms with Crippen molar-refractivity contribution >= 4 is 63.5 Å². The van der Waals surface area contributed by atoms with Gasteiger partial charge in [-0.25, -0.2) is 0 Å². The van der Waals surface area contributed by atoms with Gasteiger partial charge >= 0.3 is 0 Å². The number of amides is 1. The molecule has 0 radical (unpaired) electrons. The van der Waals surface area contributed by atoms with Gasteiger partial charge in [0.2, 0.25) is 0 Å². The van der Waals surface area contributed by atoms with E-state index in [0.29, 0.717) is 44.0 Å². The van der Waals surface area contributed by atoms with Crippen LogP contribution >= 0.6 is 47.2 Å². The second-order valence-electron chi connectivity index (χ2n) is 5.53. The van der Waals surface area contributed by atoms with E-state index in [2.05, 4.69) is 5.32 Å². The van der Waals surface area contributed by atoms with Crippen LogP contribution in [-0.2, 0) is 11.4 Å². The van der Waals surface area contributed by atoms with Crippen molar-refractivity contribution in [3.05, 3.63) is 62.5 Å². The van der Waals surface area contributed by atoms with Gasteiger partial charge in [-0.05, 0) is 48.4 Å². The first-order chi connectivity index (χ1) is 13.0. The summed E-state index contributed by atoms with van der Waals surface area (Å²) in [6.45, 7) is 2.71. The number of carbonyl (C=O) groups excluding carboxylic acids is 1. The lowest BCUT2D eigenvalue weighted by Crippen LogP contribution is -2.17. The third-order valence-corrected chi connectivity index (χ3v) is 5.49. The van der Waals surface area contributed by atoms with Crippen LogP contribution in [0.25, 0.3) is 6.08 Å². The third-order valence-electron chi connectivity index (χ3n) is 3.59. The van der Waals surface area contributed by atoms with Crippen molar-refractivity contribution in [2.45, 2.75) is 13.5 Å². The number of nitrogens with one attached hydrogen (secondary N) is 1. The highest BCUT2D eigenvalue weighted by Crippen LogP contribution is 2.32. The van der Waals surface area contributed by atoms with E-state index in [-0.39, 0.29) is 5.91 Å². The van der Waals surface area contributed by atoms with Crippen LogP contribution in [0, 0.1) is 0 Å². The zero-order valence-corrected chi connectivity index (χ0v) is 17.4. The normalized spacial score (nSPS) is 15.1. The SMILES string of the molecule is CCOc1cc(/C=C2\SC(=S)NC2=O)ccc1OCc1ccc(Cl)c(Cl)c1. The van der Waals surface area contributed by atoms with Crippen molar-refractivity contribution < 1.29 is 14.3 Å². The van der Waals surface area contributed by atoms with Crippen molar-refractivity contribution in [3.63, 3.8) is 0 Å². The van der Waals surface area contributed by atoms with Crippen LogP contribution in [0.15, 0.2) is 41.3 Å². The fourth-order valence-electron chi connectivity index (χ4n) is 2.36. The summed E-state index contributed by atoms with van der Waals surface area (Å²) in [6.07, 6.45) is 1.77. The number of ether oxygens (including phenoxy) is 2. The zero-order chi connectivity index (χ0) is 19.4. The van der Waals surface area contributed by atoms with Crippen LogP contribution in [0.3, 0.4) is 0 Å². The van der Waals surface area contributed by atoms with Crippen LogP contribution in [0.2, 0.25) is 10.0 Å². The molecule has 1 saturated heterocycles. The number of hydrogen-bond acceptors (Lipinski definition) is 5. The minimum absolute atomic E-state index is 0.192. The molecule has 1 heterocycles. The first kappa shape index (κ1) is 20.0. The molecule has 0 bridgehead atoms. The Morgan fingerprint density at radius 3 is 2.59 bits per heavy atom. The van der Waals surface area contributed by atoms with E-state index in [9.17, 15) is 4.79 Å². The van der Waals surface area contributed by atoms with E-state index in [1.54, 1.807) is 18.2 Å². The zero-order valence-electron chi connectivity index (χ0n) is 14.3. The maximum absolute atomic E-state index is 11.8. The highest BCUT2D eigenvalue weighted by molar-refractivity contribution is 8.26. The van der Waals surface area contributed by atoms with Crippen LogP contribution in [0.1, 0.15) is 18.1 Å². The Labute approximate surface area is 176 Å². The van der Waals surface area contributed by atoms with Crippen molar-refractivity contribution in [1.82, 2.24) is 5.32 Å². The molecule has 1 amide bonds. The summed E-state index contributed by atoms with van der Waals surface area (Å²) < 4.78 is 12.0. The van der Waals surface area contributed by atoms with Crippen molar-refractivity contribution in [3.8, 4) is 11.5 Å². The van der Waals surface area contributed by atoms with Gasteiger partial charge in [-0.1, -0.05) is 59.3 Å². The second kappa shape index (κ2) is 8.97. The third kappa shape index (κ3) is 5.17. The predicted molar refractivity (Wildman–Crippen MR) is 115 cm³/mol. The molecule has 0 aromatic heterocycles. The maximum atomic E-state index is 11.8. The summed E-state index contributed by atoms with van der Waals surface area (Å²) >= 11 is 18.2. The number of thiocarbonyl (C=S) groups is 1. The molecule has 8 heteroatoms. The predicted octanol–water partition coefficient (Wildman–Crippen LogP) is 5.46. The largest absolute Gasteiger partial charge is 0.490 e. The topological polar surface area (TPSA) is 47.6 Å². The Hall–Kier alpha value is -1.73. The van der Waals surface area contributed by atoms with Gasteiger partial charge < -0.3 is 14.8 Å². The molecule has 4 nitrogen and oxygen atoms in total. The average Bonchev–Trinajstić information content (AvgIpc) is 2.94. The number of carbonyl (C=O) groups is 1. The molecule has 1 N–H and O–H groups in total. The fraction of sp³-hybridized carbons (Fsp3) is 0.158. The summed E-state index contributed by atoms with van der Waals surface area (Å²) in [4.78, 5) is 12.4. The molecular weight excluding hydrogens is 425 g/mol. The molecule has 0 atom stereocenters. The number of rotatable bonds is 6. The smallest absolute Gasteiger partial charge is 0.263 e. The van der Waals surface area contributed by atoms with Gasteiger partial charge in [0.15, 0.2) is 11.5 Å². The van der Waals surface area contributed by atoms with Crippen LogP contribution < -0.4 is 14.8 Å². The summed E-state index contributed by atoms with van der Waals surface area (Å²) in [6, 6.07) is 10.8. The summed E-state index contributed by atoms with van der Waals surface area (Å²) in [7, 11) is 0. The van der Waals surface area contributed by atoms with Gasteiger partial charge in [0, 0.05) is 0 Å². The molecular formula is C19H15Cl2NO3S2. The van der Waals surface area contributed by atoms with Gasteiger partial charge in [0.1, 0.15) is 10.9 Å². The Bertz CT molecular complexity index is 931. The standard InChI is InChI=1S/C19H15Cl2NO3S2/c1-2-24-16-8-11(9-17-18(23)22-19(26)27-17)4-6-15(16)25-10-12-3-5-13(20)14(21)7-12/h3-9H,2,10H2,1H3,(H,22,23,26)/b17-9-.